The highest BCUT2D eigenvalue weighted by atomic mass is 19.1. The zero-order chi connectivity index (χ0) is 15.2. The van der Waals surface area contributed by atoms with Crippen molar-refractivity contribution in [3.63, 3.8) is 0 Å². The van der Waals surface area contributed by atoms with Gasteiger partial charge in [0.1, 0.15) is 11.6 Å². The fourth-order valence-corrected chi connectivity index (χ4v) is 1.91. The summed E-state index contributed by atoms with van der Waals surface area (Å²) >= 11 is 0. The highest BCUT2D eigenvalue weighted by molar-refractivity contribution is 5.95. The second kappa shape index (κ2) is 6.74. The lowest BCUT2D eigenvalue weighted by Crippen LogP contribution is -2.09. The van der Waals surface area contributed by atoms with Crippen molar-refractivity contribution in [2.75, 3.05) is 11.9 Å². The Bertz CT molecular complexity index is 643. The van der Waals surface area contributed by atoms with Crippen LogP contribution in [0.25, 0.3) is 0 Å². The Kier molecular flexibility index (Phi) is 4.77. The van der Waals surface area contributed by atoms with E-state index >= 15 is 0 Å². The van der Waals surface area contributed by atoms with Gasteiger partial charge in [-0.2, -0.15) is 0 Å². The summed E-state index contributed by atoms with van der Waals surface area (Å²) in [4.78, 5) is 11.8. The van der Waals surface area contributed by atoms with Gasteiger partial charge in [0.25, 0.3) is 0 Å². The van der Waals surface area contributed by atoms with E-state index in [2.05, 4.69) is 5.32 Å². The normalized spacial score (nSPS) is 10.2. The van der Waals surface area contributed by atoms with Gasteiger partial charge in [-0.1, -0.05) is 12.1 Å². The van der Waals surface area contributed by atoms with Crippen LogP contribution in [0, 0.1) is 5.82 Å². The topological polar surface area (TPSA) is 58.6 Å². The molecule has 0 radical (unpaired) electrons. The summed E-state index contributed by atoms with van der Waals surface area (Å²) < 4.78 is 18.1. The summed E-state index contributed by atoms with van der Waals surface area (Å²) in [6.45, 7) is 2.22. The standard InChI is InChI=1S/C16H16FNO3/c1-2-21-16(20)13-5-3-4-6-14(13)18-10-11-9-12(17)7-8-15(11)19/h3-9,18-19H,2,10H2,1H3. The third kappa shape index (κ3) is 3.72. The van der Waals surface area contributed by atoms with E-state index in [9.17, 15) is 14.3 Å². The van der Waals surface area contributed by atoms with E-state index in [1.165, 1.54) is 18.2 Å². The fraction of sp³-hybridized carbons (Fsp3) is 0.188. The minimum atomic E-state index is -0.428. The Hall–Kier alpha value is -2.56. The van der Waals surface area contributed by atoms with Crippen LogP contribution < -0.4 is 5.32 Å². The molecule has 0 spiro atoms. The molecule has 0 saturated heterocycles. The first kappa shape index (κ1) is 14.8. The molecule has 2 N–H and O–H groups in total. The van der Waals surface area contributed by atoms with E-state index in [1.54, 1.807) is 31.2 Å². The van der Waals surface area contributed by atoms with Crippen molar-refractivity contribution in [3.8, 4) is 5.75 Å². The van der Waals surface area contributed by atoms with E-state index in [1.807, 2.05) is 0 Å². The molecule has 0 unspecified atom stereocenters. The smallest absolute Gasteiger partial charge is 0.340 e. The molecule has 2 aromatic rings. The van der Waals surface area contributed by atoms with Gasteiger partial charge in [0, 0.05) is 17.8 Å². The van der Waals surface area contributed by atoms with Crippen LogP contribution in [0.1, 0.15) is 22.8 Å². The van der Waals surface area contributed by atoms with E-state index in [0.717, 1.165) is 0 Å². The van der Waals surface area contributed by atoms with E-state index in [4.69, 9.17) is 4.74 Å². The van der Waals surface area contributed by atoms with Crippen LogP contribution in [0.15, 0.2) is 42.5 Å². The summed E-state index contributed by atoms with van der Waals surface area (Å²) in [5.74, 6) is -0.857. The second-order valence-corrected chi connectivity index (χ2v) is 4.39. The molecule has 5 heteroatoms. The Morgan fingerprint density at radius 1 is 1.29 bits per heavy atom. The third-order valence-corrected chi connectivity index (χ3v) is 2.93. The number of nitrogens with one attached hydrogen (secondary N) is 1. The highest BCUT2D eigenvalue weighted by Gasteiger charge is 2.12. The van der Waals surface area contributed by atoms with Gasteiger partial charge in [0.05, 0.1) is 12.2 Å². The maximum Gasteiger partial charge on any atom is 0.340 e. The van der Waals surface area contributed by atoms with Gasteiger partial charge in [-0.15, -0.1) is 0 Å². The largest absolute Gasteiger partial charge is 0.508 e. The summed E-state index contributed by atoms with van der Waals surface area (Å²) in [7, 11) is 0. The predicted octanol–water partition coefficient (Wildman–Crippen LogP) is 3.32. The molecular weight excluding hydrogens is 273 g/mol. The molecule has 0 saturated carbocycles. The number of benzene rings is 2. The molecule has 0 atom stereocenters. The number of carbonyl (C=O) groups excluding carboxylic acids is 1. The van der Waals surface area contributed by atoms with Gasteiger partial charge < -0.3 is 15.2 Å². The Morgan fingerprint density at radius 2 is 2.05 bits per heavy atom. The quantitative estimate of drug-likeness (QED) is 0.829. The van der Waals surface area contributed by atoms with Crippen molar-refractivity contribution in [2.45, 2.75) is 13.5 Å². The van der Waals surface area contributed by atoms with Crippen molar-refractivity contribution in [1.29, 1.82) is 0 Å². The average Bonchev–Trinajstić information content (AvgIpc) is 2.49. The van der Waals surface area contributed by atoms with Crippen LogP contribution in [-0.4, -0.2) is 17.7 Å². The number of hydrogen-bond acceptors (Lipinski definition) is 4. The number of phenols is 1. The molecule has 110 valence electrons. The fourth-order valence-electron chi connectivity index (χ4n) is 1.91. The molecule has 0 bridgehead atoms. The minimum Gasteiger partial charge on any atom is -0.508 e. The van der Waals surface area contributed by atoms with Crippen molar-refractivity contribution < 1.29 is 19.0 Å². The first-order valence-electron chi connectivity index (χ1n) is 6.59. The van der Waals surface area contributed by atoms with Crippen molar-refractivity contribution in [1.82, 2.24) is 0 Å². The van der Waals surface area contributed by atoms with Crippen LogP contribution in [0.2, 0.25) is 0 Å². The summed E-state index contributed by atoms with van der Waals surface area (Å²) in [6.07, 6.45) is 0. The van der Waals surface area contributed by atoms with Crippen molar-refractivity contribution in [3.05, 3.63) is 59.4 Å². The number of rotatable bonds is 5. The second-order valence-electron chi connectivity index (χ2n) is 4.39. The van der Waals surface area contributed by atoms with Crippen LogP contribution >= 0.6 is 0 Å². The number of carbonyl (C=O) groups is 1. The monoisotopic (exact) mass is 289 g/mol. The van der Waals surface area contributed by atoms with Gasteiger partial charge in [-0.25, -0.2) is 9.18 Å². The number of para-hydroxylation sites is 1. The molecule has 0 aromatic heterocycles. The number of aromatic hydroxyl groups is 1. The third-order valence-electron chi connectivity index (χ3n) is 2.93. The lowest BCUT2D eigenvalue weighted by Gasteiger charge is -2.12. The maximum atomic E-state index is 13.2. The molecule has 0 aliphatic heterocycles. The lowest BCUT2D eigenvalue weighted by atomic mass is 10.1. The van der Waals surface area contributed by atoms with Crippen molar-refractivity contribution >= 4 is 11.7 Å². The molecule has 0 aliphatic rings. The van der Waals surface area contributed by atoms with Crippen LogP contribution in [0.5, 0.6) is 5.75 Å². The molecule has 0 amide bonds. The summed E-state index contributed by atoms with van der Waals surface area (Å²) in [6, 6.07) is 10.6. The van der Waals surface area contributed by atoms with Gasteiger partial charge >= 0.3 is 5.97 Å². The number of hydrogen-bond donors (Lipinski definition) is 2. The number of anilines is 1. The van der Waals surface area contributed by atoms with E-state index in [-0.39, 0.29) is 18.9 Å². The predicted molar refractivity (Wildman–Crippen MR) is 77.8 cm³/mol. The van der Waals surface area contributed by atoms with Gasteiger partial charge in [-0.3, -0.25) is 0 Å². The molecule has 21 heavy (non-hydrogen) atoms. The highest BCUT2D eigenvalue weighted by Crippen LogP contribution is 2.21. The summed E-state index contributed by atoms with van der Waals surface area (Å²) in [5, 5.41) is 12.7. The Morgan fingerprint density at radius 3 is 2.81 bits per heavy atom. The SMILES string of the molecule is CCOC(=O)c1ccccc1NCc1cc(F)ccc1O. The van der Waals surface area contributed by atoms with Gasteiger partial charge in [-0.05, 0) is 37.3 Å². The van der Waals surface area contributed by atoms with Crippen LogP contribution in [-0.2, 0) is 11.3 Å². The van der Waals surface area contributed by atoms with Crippen LogP contribution in [0.3, 0.4) is 0 Å². The first-order valence-corrected chi connectivity index (χ1v) is 6.59. The number of halogens is 1. The minimum absolute atomic E-state index is 0.00230. The zero-order valence-electron chi connectivity index (χ0n) is 11.6. The zero-order valence-corrected chi connectivity index (χ0v) is 11.6. The molecule has 0 aliphatic carbocycles. The Labute approximate surface area is 122 Å². The molecular formula is C16H16FNO3. The Balaban J connectivity index is 2.16. The molecule has 2 aromatic carbocycles. The first-order chi connectivity index (χ1) is 10.1. The van der Waals surface area contributed by atoms with Crippen LogP contribution in [0.4, 0.5) is 10.1 Å². The summed E-state index contributed by atoms with van der Waals surface area (Å²) in [5.41, 5.74) is 1.38. The average molecular weight is 289 g/mol. The molecule has 2 rings (SSSR count). The van der Waals surface area contributed by atoms with Gasteiger partial charge in [0.15, 0.2) is 0 Å². The van der Waals surface area contributed by atoms with E-state index in [0.29, 0.717) is 16.8 Å². The molecule has 0 heterocycles. The number of ether oxygens (including phenoxy) is 1. The molecule has 4 nitrogen and oxygen atoms in total. The number of esters is 1. The number of phenolic OH excluding ortho intramolecular Hbond substituents is 1. The molecule has 0 fully saturated rings. The van der Waals surface area contributed by atoms with E-state index < -0.39 is 11.8 Å². The lowest BCUT2D eigenvalue weighted by molar-refractivity contribution is 0.0527. The van der Waals surface area contributed by atoms with Gasteiger partial charge in [0.2, 0.25) is 0 Å². The maximum absolute atomic E-state index is 13.2. The van der Waals surface area contributed by atoms with Crippen molar-refractivity contribution in [2.24, 2.45) is 0 Å².